The molecule has 0 fully saturated rings. The zero-order valence-corrected chi connectivity index (χ0v) is 7.66. The fourth-order valence-corrected chi connectivity index (χ4v) is 0.976. The minimum Gasteiger partial charge on any atom is -0.488 e. The maximum absolute atomic E-state index is 11.3. The summed E-state index contributed by atoms with van der Waals surface area (Å²) in [6.07, 6.45) is 0. The Balaban J connectivity index is 3.39. The number of H-pyrrole nitrogens is 1. The molecule has 0 aromatic carbocycles. The Labute approximate surface area is 79.1 Å². The fourth-order valence-electron chi connectivity index (χ4n) is 0.976. The number of hydrogen-bond donors (Lipinski definition) is 2. The summed E-state index contributed by atoms with van der Waals surface area (Å²) in [7, 11) is 2.60. The monoisotopic (exact) mass is 199 g/mol. The van der Waals surface area contributed by atoms with Gasteiger partial charge in [-0.25, -0.2) is 4.79 Å². The van der Waals surface area contributed by atoms with Crippen LogP contribution in [0.15, 0.2) is 10.9 Å². The van der Waals surface area contributed by atoms with E-state index in [4.69, 9.17) is 14.6 Å². The largest absolute Gasteiger partial charge is 0.488 e. The van der Waals surface area contributed by atoms with Crippen molar-refractivity contribution in [2.75, 3.05) is 14.2 Å². The highest BCUT2D eigenvalue weighted by Gasteiger charge is 2.13. The molecular formula is C8H9NO5. The van der Waals surface area contributed by atoms with E-state index in [1.807, 2.05) is 0 Å². The molecule has 0 unspecified atom stereocenters. The summed E-state index contributed by atoms with van der Waals surface area (Å²) in [5.41, 5.74) is -0.784. The molecule has 0 aliphatic heterocycles. The molecule has 1 aromatic heterocycles. The second-order valence-electron chi connectivity index (χ2n) is 2.42. The third-order valence-corrected chi connectivity index (χ3v) is 1.59. The number of carboxylic acids is 1. The predicted molar refractivity (Wildman–Crippen MR) is 47.1 cm³/mol. The first-order valence-corrected chi connectivity index (χ1v) is 3.68. The summed E-state index contributed by atoms with van der Waals surface area (Å²) >= 11 is 0. The summed E-state index contributed by atoms with van der Waals surface area (Å²) in [5, 5.41) is 8.63. The highest BCUT2D eigenvalue weighted by molar-refractivity contribution is 5.85. The molecule has 6 heteroatoms. The third kappa shape index (κ3) is 1.68. The minimum absolute atomic E-state index is 0.00241. The van der Waals surface area contributed by atoms with Crippen molar-refractivity contribution in [3.05, 3.63) is 22.0 Å². The summed E-state index contributed by atoms with van der Waals surface area (Å²) in [5.74, 6) is -1.28. The summed E-state index contributed by atoms with van der Waals surface area (Å²) < 4.78 is 9.50. The first-order valence-electron chi connectivity index (χ1n) is 3.68. The molecule has 0 spiro atoms. The van der Waals surface area contributed by atoms with Crippen LogP contribution in [0.5, 0.6) is 11.6 Å². The lowest BCUT2D eigenvalue weighted by molar-refractivity contribution is 0.0689. The van der Waals surface area contributed by atoms with Crippen molar-refractivity contribution in [2.45, 2.75) is 0 Å². The highest BCUT2D eigenvalue weighted by Crippen LogP contribution is 2.18. The summed E-state index contributed by atoms with van der Waals surface area (Å²) in [6, 6.07) is 0.934. The van der Waals surface area contributed by atoms with E-state index in [9.17, 15) is 9.59 Å². The molecule has 0 aliphatic carbocycles. The van der Waals surface area contributed by atoms with Crippen molar-refractivity contribution in [1.82, 2.24) is 4.98 Å². The summed E-state index contributed by atoms with van der Waals surface area (Å²) in [4.78, 5) is 24.2. The van der Waals surface area contributed by atoms with Gasteiger partial charge in [0.05, 0.1) is 14.2 Å². The van der Waals surface area contributed by atoms with Crippen molar-refractivity contribution >= 4 is 5.97 Å². The molecule has 14 heavy (non-hydrogen) atoms. The van der Waals surface area contributed by atoms with Crippen LogP contribution in [-0.2, 0) is 0 Å². The molecule has 1 rings (SSSR count). The zero-order valence-electron chi connectivity index (χ0n) is 7.66. The van der Waals surface area contributed by atoms with E-state index in [0.717, 1.165) is 6.07 Å². The molecule has 0 amide bonds. The van der Waals surface area contributed by atoms with E-state index in [0.29, 0.717) is 0 Å². The molecule has 0 aliphatic rings. The van der Waals surface area contributed by atoms with Crippen LogP contribution in [0.25, 0.3) is 0 Å². The van der Waals surface area contributed by atoms with Gasteiger partial charge in [-0.15, -0.1) is 0 Å². The van der Waals surface area contributed by atoms with Gasteiger partial charge in [-0.05, 0) is 0 Å². The van der Waals surface area contributed by atoms with Crippen LogP contribution < -0.4 is 14.9 Å². The average molecular weight is 199 g/mol. The van der Waals surface area contributed by atoms with Crippen LogP contribution in [0.3, 0.4) is 0 Å². The predicted octanol–water partition coefficient (Wildman–Crippen LogP) is 0.0903. The number of nitrogens with one attached hydrogen (secondary N) is 1. The molecule has 0 bridgehead atoms. The second kappa shape index (κ2) is 3.82. The Morgan fingerprint density at radius 2 is 2.07 bits per heavy atom. The van der Waals surface area contributed by atoms with Crippen LogP contribution in [0.2, 0.25) is 0 Å². The lowest BCUT2D eigenvalue weighted by Gasteiger charge is -2.06. The quantitative estimate of drug-likeness (QED) is 0.720. The Morgan fingerprint density at radius 1 is 1.43 bits per heavy atom. The van der Waals surface area contributed by atoms with Gasteiger partial charge in [0.25, 0.3) is 0 Å². The van der Waals surface area contributed by atoms with Gasteiger partial charge in [0.15, 0.2) is 0 Å². The molecule has 0 radical (unpaired) electrons. The Kier molecular flexibility index (Phi) is 2.76. The molecule has 6 nitrogen and oxygen atoms in total. The van der Waals surface area contributed by atoms with Gasteiger partial charge in [0.1, 0.15) is 5.69 Å². The van der Waals surface area contributed by atoms with Gasteiger partial charge >= 0.3 is 5.97 Å². The Morgan fingerprint density at radius 3 is 2.50 bits per heavy atom. The van der Waals surface area contributed by atoms with E-state index in [2.05, 4.69) is 4.98 Å². The molecule has 0 atom stereocenters. The number of aromatic carboxylic acids is 1. The fraction of sp³-hybridized carbons (Fsp3) is 0.250. The maximum atomic E-state index is 11.3. The lowest BCUT2D eigenvalue weighted by Crippen LogP contribution is -2.13. The van der Waals surface area contributed by atoms with Crippen molar-refractivity contribution in [1.29, 1.82) is 0 Å². The molecule has 2 N–H and O–H groups in total. The van der Waals surface area contributed by atoms with Crippen LogP contribution in [0.1, 0.15) is 10.5 Å². The maximum Gasteiger partial charge on any atom is 0.352 e. The van der Waals surface area contributed by atoms with Crippen LogP contribution in [0, 0.1) is 0 Å². The first-order chi connectivity index (χ1) is 6.60. The van der Waals surface area contributed by atoms with E-state index in [-0.39, 0.29) is 17.3 Å². The second-order valence-corrected chi connectivity index (χ2v) is 2.42. The zero-order chi connectivity index (χ0) is 10.7. The van der Waals surface area contributed by atoms with E-state index < -0.39 is 11.4 Å². The number of pyridine rings is 1. The summed E-state index contributed by atoms with van der Waals surface area (Å²) in [6.45, 7) is 0. The number of ether oxygens (including phenoxy) is 2. The SMILES string of the molecule is COc1[nH]c(C(=O)O)cc(=O)c1OC. The van der Waals surface area contributed by atoms with Gasteiger partial charge in [-0.3, -0.25) is 4.79 Å². The number of carboxylic acid groups (broad SMARTS) is 1. The molecule has 1 heterocycles. The lowest BCUT2D eigenvalue weighted by atomic mass is 10.3. The number of hydrogen-bond acceptors (Lipinski definition) is 4. The van der Waals surface area contributed by atoms with Gasteiger partial charge in [-0.2, -0.15) is 0 Å². The third-order valence-electron chi connectivity index (χ3n) is 1.59. The van der Waals surface area contributed by atoms with Gasteiger partial charge in [0.2, 0.25) is 17.1 Å². The van der Waals surface area contributed by atoms with Crippen molar-refractivity contribution < 1.29 is 19.4 Å². The van der Waals surface area contributed by atoms with Crippen LogP contribution in [-0.4, -0.2) is 30.3 Å². The molecule has 76 valence electrons. The first kappa shape index (κ1) is 10.1. The van der Waals surface area contributed by atoms with Crippen molar-refractivity contribution in [3.8, 4) is 11.6 Å². The van der Waals surface area contributed by atoms with Gasteiger partial charge in [0, 0.05) is 6.07 Å². The van der Waals surface area contributed by atoms with Crippen LogP contribution in [0.4, 0.5) is 0 Å². The van der Waals surface area contributed by atoms with E-state index in [1.165, 1.54) is 14.2 Å². The van der Waals surface area contributed by atoms with E-state index in [1.54, 1.807) is 0 Å². The Hall–Kier alpha value is -1.98. The minimum atomic E-state index is -1.23. The van der Waals surface area contributed by atoms with Crippen molar-refractivity contribution in [2.24, 2.45) is 0 Å². The number of carbonyl (C=O) groups is 1. The number of rotatable bonds is 3. The smallest absolute Gasteiger partial charge is 0.352 e. The molecular weight excluding hydrogens is 190 g/mol. The molecule has 0 saturated heterocycles. The van der Waals surface area contributed by atoms with E-state index >= 15 is 0 Å². The Bertz CT molecular complexity index is 409. The number of aromatic nitrogens is 1. The standard InChI is InChI=1S/C8H9NO5/c1-13-6-5(10)3-4(8(11)12)9-7(6)14-2/h3H,1-2H3,(H,9,10)(H,11,12). The highest BCUT2D eigenvalue weighted by atomic mass is 16.5. The number of methoxy groups -OCH3 is 2. The van der Waals surface area contributed by atoms with Gasteiger partial charge in [-0.1, -0.05) is 0 Å². The van der Waals surface area contributed by atoms with Crippen LogP contribution >= 0.6 is 0 Å². The van der Waals surface area contributed by atoms with Crippen molar-refractivity contribution in [3.63, 3.8) is 0 Å². The molecule has 0 saturated carbocycles. The average Bonchev–Trinajstić information content (AvgIpc) is 2.16. The van der Waals surface area contributed by atoms with Gasteiger partial charge < -0.3 is 19.6 Å². The normalized spacial score (nSPS) is 9.57. The number of aromatic amines is 1. The molecule has 1 aromatic rings. The topological polar surface area (TPSA) is 88.6 Å².